The number of carbonyl (C=O) groups is 1. The van der Waals surface area contributed by atoms with Crippen LogP contribution in [0.25, 0.3) is 0 Å². The van der Waals surface area contributed by atoms with Crippen LogP contribution in [0.4, 0.5) is 0 Å². The zero-order valence-electron chi connectivity index (χ0n) is 17.7. The molecule has 2 heterocycles. The Labute approximate surface area is 181 Å². The maximum absolute atomic E-state index is 12.2. The summed E-state index contributed by atoms with van der Waals surface area (Å²) in [6.45, 7) is 1.27. The lowest BCUT2D eigenvalue weighted by Crippen LogP contribution is -2.59. The van der Waals surface area contributed by atoms with Crippen molar-refractivity contribution >= 4 is 5.97 Å². The van der Waals surface area contributed by atoms with Gasteiger partial charge in [0.05, 0.1) is 24.9 Å². The summed E-state index contributed by atoms with van der Waals surface area (Å²) in [6.07, 6.45) is 1.80. The number of aliphatic hydroxyl groups is 5. The SMILES string of the molecule is C[C@H]1CCC/C=C/[C@@H]2C[C@H](O)C[C@H]2[C@H](O[C@@H]2O[C@H](CO)[C@@H](O)[C@H](O)[C@H]2O)/C=C/C(=O)O1. The van der Waals surface area contributed by atoms with Gasteiger partial charge in [0, 0.05) is 6.08 Å². The second-order valence-electron chi connectivity index (χ2n) is 8.72. The van der Waals surface area contributed by atoms with Crippen LogP contribution < -0.4 is 0 Å². The molecule has 1 saturated carbocycles. The van der Waals surface area contributed by atoms with Crippen molar-refractivity contribution in [1.82, 2.24) is 0 Å². The molecule has 2 fully saturated rings. The average Bonchev–Trinajstić information content (AvgIpc) is 3.10. The van der Waals surface area contributed by atoms with Crippen molar-refractivity contribution in [3.8, 4) is 0 Å². The van der Waals surface area contributed by atoms with Gasteiger partial charge in [-0.25, -0.2) is 4.79 Å². The summed E-state index contributed by atoms with van der Waals surface area (Å²) >= 11 is 0. The number of ether oxygens (including phenoxy) is 3. The largest absolute Gasteiger partial charge is 0.460 e. The summed E-state index contributed by atoms with van der Waals surface area (Å²) < 4.78 is 16.8. The summed E-state index contributed by atoms with van der Waals surface area (Å²) in [5, 5.41) is 50.1. The molecule has 31 heavy (non-hydrogen) atoms. The van der Waals surface area contributed by atoms with Gasteiger partial charge >= 0.3 is 5.97 Å². The van der Waals surface area contributed by atoms with E-state index in [-0.39, 0.29) is 17.9 Å². The second-order valence-corrected chi connectivity index (χ2v) is 8.72. The first kappa shape index (κ1) is 24.3. The van der Waals surface area contributed by atoms with Crippen LogP contribution in [0.5, 0.6) is 0 Å². The Balaban J connectivity index is 1.84. The van der Waals surface area contributed by atoms with Crippen LogP contribution >= 0.6 is 0 Å². The molecule has 0 amide bonds. The zero-order valence-corrected chi connectivity index (χ0v) is 17.7. The fourth-order valence-corrected chi connectivity index (χ4v) is 4.56. The van der Waals surface area contributed by atoms with E-state index in [9.17, 15) is 30.3 Å². The highest BCUT2D eigenvalue weighted by Crippen LogP contribution is 2.38. The first-order valence-electron chi connectivity index (χ1n) is 11.0. The van der Waals surface area contributed by atoms with Gasteiger partial charge in [-0.15, -0.1) is 0 Å². The first-order chi connectivity index (χ1) is 14.8. The monoisotopic (exact) mass is 442 g/mol. The molecular weight excluding hydrogens is 408 g/mol. The standard InChI is InChI=1S/C22H34O9/c1-12-5-3-2-4-6-13-9-14(24)10-15(13)16(7-8-18(25)29-12)30-22-21(28)20(27)19(26)17(11-23)31-22/h4,6-8,12-17,19-24,26-28H,2-3,5,9-11H2,1H3/b6-4+,8-7+/t12-,13+,14-,15+,16+,17+,19+,20-,21+,22+/m0/s1. The van der Waals surface area contributed by atoms with Crippen LogP contribution in [-0.2, 0) is 19.0 Å². The van der Waals surface area contributed by atoms with Crippen molar-refractivity contribution in [2.45, 2.75) is 88.0 Å². The predicted octanol–water partition coefficient (Wildman–Crippen LogP) is -0.213. The molecule has 9 nitrogen and oxygen atoms in total. The van der Waals surface area contributed by atoms with E-state index in [1.54, 1.807) is 0 Å². The molecule has 3 rings (SSSR count). The van der Waals surface area contributed by atoms with Crippen LogP contribution in [0.15, 0.2) is 24.3 Å². The number of rotatable bonds is 3. The molecule has 0 unspecified atom stereocenters. The summed E-state index contributed by atoms with van der Waals surface area (Å²) in [4.78, 5) is 12.2. The lowest BCUT2D eigenvalue weighted by atomic mass is 9.89. The fourth-order valence-electron chi connectivity index (χ4n) is 4.56. The number of fused-ring (bicyclic) bond motifs is 1. The molecule has 0 bridgehead atoms. The van der Waals surface area contributed by atoms with E-state index >= 15 is 0 Å². The number of hydrogen-bond donors (Lipinski definition) is 5. The molecule has 0 aromatic rings. The number of cyclic esters (lactones) is 1. The lowest BCUT2D eigenvalue weighted by Gasteiger charge is -2.41. The van der Waals surface area contributed by atoms with E-state index in [0.717, 1.165) is 19.3 Å². The lowest BCUT2D eigenvalue weighted by molar-refractivity contribution is -0.311. The van der Waals surface area contributed by atoms with Gasteiger partial charge < -0.3 is 39.7 Å². The summed E-state index contributed by atoms with van der Waals surface area (Å²) in [5.41, 5.74) is 0. The average molecular weight is 443 g/mol. The topological polar surface area (TPSA) is 146 Å². The van der Waals surface area contributed by atoms with Crippen LogP contribution in [0.1, 0.15) is 39.0 Å². The van der Waals surface area contributed by atoms with Gasteiger partial charge in [0.2, 0.25) is 0 Å². The zero-order chi connectivity index (χ0) is 22.5. The summed E-state index contributed by atoms with van der Waals surface area (Å²) in [5.74, 6) is -0.734. The number of aliphatic hydroxyl groups excluding tert-OH is 5. The Morgan fingerprint density at radius 3 is 2.61 bits per heavy atom. The Hall–Kier alpha value is -1.33. The Morgan fingerprint density at radius 2 is 1.87 bits per heavy atom. The maximum Gasteiger partial charge on any atom is 0.330 e. The fraction of sp³-hybridized carbons (Fsp3) is 0.773. The highest BCUT2D eigenvalue weighted by molar-refractivity contribution is 5.82. The molecule has 0 spiro atoms. The normalized spacial score (nSPS) is 46.7. The molecule has 5 N–H and O–H groups in total. The highest BCUT2D eigenvalue weighted by atomic mass is 16.7. The van der Waals surface area contributed by atoms with Crippen LogP contribution in [0, 0.1) is 11.8 Å². The molecule has 1 saturated heterocycles. The van der Waals surface area contributed by atoms with Crippen molar-refractivity contribution in [2.24, 2.45) is 11.8 Å². The molecule has 0 aromatic heterocycles. The Morgan fingerprint density at radius 1 is 1.10 bits per heavy atom. The van der Waals surface area contributed by atoms with Gasteiger partial charge in [-0.1, -0.05) is 12.2 Å². The van der Waals surface area contributed by atoms with E-state index in [1.807, 2.05) is 6.92 Å². The molecule has 176 valence electrons. The minimum absolute atomic E-state index is 0.0104. The third-order valence-electron chi connectivity index (χ3n) is 6.30. The molecule has 9 heteroatoms. The van der Waals surface area contributed by atoms with Gasteiger partial charge in [0.15, 0.2) is 6.29 Å². The van der Waals surface area contributed by atoms with E-state index in [1.165, 1.54) is 12.2 Å². The third kappa shape index (κ3) is 6.13. The van der Waals surface area contributed by atoms with E-state index in [4.69, 9.17) is 14.2 Å². The van der Waals surface area contributed by atoms with Crippen LogP contribution in [0.2, 0.25) is 0 Å². The molecular formula is C22H34O9. The minimum Gasteiger partial charge on any atom is -0.460 e. The predicted molar refractivity (Wildman–Crippen MR) is 109 cm³/mol. The summed E-state index contributed by atoms with van der Waals surface area (Å²) in [7, 11) is 0. The Bertz CT molecular complexity index is 649. The molecule has 3 aliphatic rings. The highest BCUT2D eigenvalue weighted by Gasteiger charge is 2.46. The number of esters is 1. The smallest absolute Gasteiger partial charge is 0.330 e. The molecule has 1 aliphatic carbocycles. The van der Waals surface area contributed by atoms with Crippen molar-refractivity contribution in [3.63, 3.8) is 0 Å². The van der Waals surface area contributed by atoms with Gasteiger partial charge in [-0.3, -0.25) is 0 Å². The first-order valence-corrected chi connectivity index (χ1v) is 11.0. The maximum atomic E-state index is 12.2. The van der Waals surface area contributed by atoms with Crippen molar-refractivity contribution in [2.75, 3.05) is 6.61 Å². The summed E-state index contributed by atoms with van der Waals surface area (Å²) in [6, 6.07) is 0. The number of allylic oxidation sites excluding steroid dienone is 2. The van der Waals surface area contributed by atoms with Gasteiger partial charge in [0.1, 0.15) is 24.4 Å². The van der Waals surface area contributed by atoms with E-state index < -0.39 is 55.5 Å². The van der Waals surface area contributed by atoms with Crippen LogP contribution in [0.3, 0.4) is 0 Å². The molecule has 10 atom stereocenters. The number of hydrogen-bond acceptors (Lipinski definition) is 9. The van der Waals surface area contributed by atoms with Crippen molar-refractivity contribution < 1.29 is 44.5 Å². The van der Waals surface area contributed by atoms with Gasteiger partial charge in [0.25, 0.3) is 0 Å². The Kier molecular flexibility index (Phi) is 8.63. The van der Waals surface area contributed by atoms with Crippen molar-refractivity contribution in [3.05, 3.63) is 24.3 Å². The van der Waals surface area contributed by atoms with Crippen molar-refractivity contribution in [1.29, 1.82) is 0 Å². The number of carbonyl (C=O) groups excluding carboxylic acids is 1. The van der Waals surface area contributed by atoms with Crippen LogP contribution in [-0.4, -0.2) is 87.1 Å². The molecule has 0 radical (unpaired) electrons. The van der Waals surface area contributed by atoms with Gasteiger partial charge in [-0.2, -0.15) is 0 Å². The van der Waals surface area contributed by atoms with Gasteiger partial charge in [-0.05, 0) is 56.9 Å². The van der Waals surface area contributed by atoms with E-state index in [0.29, 0.717) is 12.8 Å². The third-order valence-corrected chi connectivity index (χ3v) is 6.30. The molecule has 2 aliphatic heterocycles. The molecule has 0 aromatic carbocycles. The quantitative estimate of drug-likeness (QED) is 0.296. The van der Waals surface area contributed by atoms with E-state index in [2.05, 4.69) is 12.2 Å². The second kappa shape index (κ2) is 11.0. The minimum atomic E-state index is -1.56.